The number of carbonyl (C=O) groups excluding carboxylic acids is 1. The van der Waals surface area contributed by atoms with E-state index in [1.54, 1.807) is 40.2 Å². The van der Waals surface area contributed by atoms with E-state index in [2.05, 4.69) is 20.4 Å². The summed E-state index contributed by atoms with van der Waals surface area (Å²) in [6.07, 6.45) is 8.51. The van der Waals surface area contributed by atoms with E-state index in [0.717, 1.165) is 11.5 Å². The lowest BCUT2D eigenvalue weighted by molar-refractivity contribution is 0.102. The van der Waals surface area contributed by atoms with Gasteiger partial charge in [0.2, 0.25) is 0 Å². The molecule has 0 aliphatic heterocycles. The van der Waals surface area contributed by atoms with Gasteiger partial charge >= 0.3 is 0 Å². The summed E-state index contributed by atoms with van der Waals surface area (Å²) in [5.74, 6) is 0.510. The van der Waals surface area contributed by atoms with Gasteiger partial charge in [-0.2, -0.15) is 5.10 Å². The Morgan fingerprint density at radius 3 is 2.65 bits per heavy atom. The van der Waals surface area contributed by atoms with Crippen molar-refractivity contribution < 1.29 is 4.79 Å². The SMILES string of the molecule is Cc1nn(-c2ccccc2)cc1C(=O)Nc1ccc(-n2ccnc2)nc1. The first-order chi connectivity index (χ1) is 12.7. The fraction of sp³-hybridized carbons (Fsp3) is 0.0526. The largest absolute Gasteiger partial charge is 0.320 e. The van der Waals surface area contributed by atoms with Gasteiger partial charge in [-0.05, 0) is 31.2 Å². The van der Waals surface area contributed by atoms with Crippen LogP contribution in [0.25, 0.3) is 11.5 Å². The molecule has 7 heteroatoms. The quantitative estimate of drug-likeness (QED) is 0.617. The number of imidazole rings is 1. The summed E-state index contributed by atoms with van der Waals surface area (Å²) in [5.41, 5.74) is 2.70. The Hall–Kier alpha value is -3.74. The number of aromatic nitrogens is 5. The predicted molar refractivity (Wildman–Crippen MR) is 97.6 cm³/mol. The van der Waals surface area contributed by atoms with Gasteiger partial charge in [-0.25, -0.2) is 14.6 Å². The van der Waals surface area contributed by atoms with Crippen molar-refractivity contribution >= 4 is 11.6 Å². The average Bonchev–Trinajstić information content (AvgIpc) is 3.33. The molecule has 0 saturated carbocycles. The maximum atomic E-state index is 12.6. The topological polar surface area (TPSA) is 77.6 Å². The summed E-state index contributed by atoms with van der Waals surface area (Å²) in [7, 11) is 0. The summed E-state index contributed by atoms with van der Waals surface area (Å²) >= 11 is 0. The van der Waals surface area contributed by atoms with Crippen LogP contribution in [0.1, 0.15) is 16.1 Å². The molecule has 0 fully saturated rings. The van der Waals surface area contributed by atoms with Crippen LogP contribution in [0.15, 0.2) is 73.6 Å². The van der Waals surface area contributed by atoms with Crippen molar-refractivity contribution in [2.24, 2.45) is 0 Å². The molecule has 0 spiro atoms. The second-order valence-electron chi connectivity index (χ2n) is 5.74. The zero-order valence-corrected chi connectivity index (χ0v) is 14.1. The number of benzene rings is 1. The summed E-state index contributed by atoms with van der Waals surface area (Å²) in [5, 5.41) is 7.28. The molecule has 0 bridgehead atoms. The molecular weight excluding hydrogens is 328 g/mol. The van der Waals surface area contributed by atoms with Gasteiger partial charge in [0.15, 0.2) is 0 Å². The second-order valence-corrected chi connectivity index (χ2v) is 5.74. The number of para-hydroxylation sites is 1. The molecule has 1 aromatic carbocycles. The zero-order chi connectivity index (χ0) is 17.9. The van der Waals surface area contributed by atoms with E-state index in [0.29, 0.717) is 16.9 Å². The van der Waals surface area contributed by atoms with Gasteiger partial charge in [-0.3, -0.25) is 9.36 Å². The van der Waals surface area contributed by atoms with Crippen molar-refractivity contribution in [2.75, 3.05) is 5.32 Å². The highest BCUT2D eigenvalue weighted by atomic mass is 16.1. The Kier molecular flexibility index (Phi) is 4.03. The second kappa shape index (κ2) is 6.64. The van der Waals surface area contributed by atoms with Crippen LogP contribution < -0.4 is 5.32 Å². The molecule has 0 aliphatic rings. The van der Waals surface area contributed by atoms with E-state index in [-0.39, 0.29) is 5.91 Å². The summed E-state index contributed by atoms with van der Waals surface area (Å²) < 4.78 is 3.49. The van der Waals surface area contributed by atoms with Gasteiger partial charge in [-0.1, -0.05) is 18.2 Å². The van der Waals surface area contributed by atoms with E-state index < -0.39 is 0 Å². The number of pyridine rings is 1. The number of nitrogens with one attached hydrogen (secondary N) is 1. The number of rotatable bonds is 4. The first-order valence-electron chi connectivity index (χ1n) is 8.08. The minimum Gasteiger partial charge on any atom is -0.320 e. The van der Waals surface area contributed by atoms with Crippen LogP contribution >= 0.6 is 0 Å². The standard InChI is InChI=1S/C19H16N6O/c1-14-17(12-25(23-14)16-5-3-2-4-6-16)19(26)22-15-7-8-18(21-11-15)24-10-9-20-13-24/h2-13H,1H3,(H,22,26). The van der Waals surface area contributed by atoms with Crippen molar-refractivity contribution in [3.8, 4) is 11.5 Å². The van der Waals surface area contributed by atoms with E-state index in [4.69, 9.17) is 0 Å². The molecule has 0 atom stereocenters. The van der Waals surface area contributed by atoms with Gasteiger partial charge in [0.05, 0.1) is 28.8 Å². The molecule has 0 saturated heterocycles. The fourth-order valence-corrected chi connectivity index (χ4v) is 2.60. The van der Waals surface area contributed by atoms with Gasteiger partial charge < -0.3 is 5.32 Å². The molecule has 26 heavy (non-hydrogen) atoms. The number of nitrogens with zero attached hydrogens (tertiary/aromatic N) is 5. The normalized spacial score (nSPS) is 10.7. The van der Waals surface area contributed by atoms with Crippen LogP contribution in [-0.2, 0) is 0 Å². The maximum absolute atomic E-state index is 12.6. The number of aryl methyl sites for hydroxylation is 1. The van der Waals surface area contributed by atoms with E-state index in [1.165, 1.54) is 0 Å². The Morgan fingerprint density at radius 1 is 1.12 bits per heavy atom. The van der Waals surface area contributed by atoms with E-state index in [1.807, 2.05) is 49.5 Å². The lowest BCUT2D eigenvalue weighted by Crippen LogP contribution is -2.12. The van der Waals surface area contributed by atoms with Gasteiger partial charge in [-0.15, -0.1) is 0 Å². The Labute approximate surface area is 150 Å². The van der Waals surface area contributed by atoms with Gasteiger partial charge in [0, 0.05) is 18.6 Å². The first kappa shape index (κ1) is 15.8. The highest BCUT2D eigenvalue weighted by Gasteiger charge is 2.14. The molecule has 3 aromatic heterocycles. The minimum atomic E-state index is -0.220. The van der Waals surface area contributed by atoms with Crippen LogP contribution in [0.3, 0.4) is 0 Å². The van der Waals surface area contributed by atoms with E-state index >= 15 is 0 Å². The number of amides is 1. The smallest absolute Gasteiger partial charge is 0.259 e. The molecule has 3 heterocycles. The van der Waals surface area contributed by atoms with Crippen molar-refractivity contribution in [2.45, 2.75) is 6.92 Å². The van der Waals surface area contributed by atoms with Crippen LogP contribution in [0.4, 0.5) is 5.69 Å². The third-order valence-electron chi connectivity index (χ3n) is 3.94. The molecule has 0 radical (unpaired) electrons. The Balaban J connectivity index is 1.52. The van der Waals surface area contributed by atoms with Crippen LogP contribution in [0, 0.1) is 6.92 Å². The predicted octanol–water partition coefficient (Wildman–Crippen LogP) is 3.01. The molecular formula is C19H16N6O. The number of carbonyl (C=O) groups is 1. The van der Waals surface area contributed by atoms with Crippen molar-refractivity contribution in [1.29, 1.82) is 0 Å². The van der Waals surface area contributed by atoms with Crippen LogP contribution in [-0.4, -0.2) is 30.2 Å². The number of hydrogen-bond donors (Lipinski definition) is 1. The molecule has 4 rings (SSSR count). The lowest BCUT2D eigenvalue weighted by atomic mass is 10.2. The highest BCUT2D eigenvalue weighted by Crippen LogP contribution is 2.15. The third-order valence-corrected chi connectivity index (χ3v) is 3.94. The van der Waals surface area contributed by atoms with Crippen molar-refractivity contribution in [1.82, 2.24) is 24.3 Å². The van der Waals surface area contributed by atoms with Crippen LogP contribution in [0.5, 0.6) is 0 Å². The van der Waals surface area contributed by atoms with Crippen molar-refractivity contribution in [3.05, 3.63) is 84.8 Å². The minimum absolute atomic E-state index is 0.220. The number of hydrogen-bond acceptors (Lipinski definition) is 4. The molecule has 7 nitrogen and oxygen atoms in total. The molecule has 128 valence electrons. The molecule has 1 amide bonds. The zero-order valence-electron chi connectivity index (χ0n) is 14.1. The Morgan fingerprint density at radius 2 is 1.96 bits per heavy atom. The average molecular weight is 344 g/mol. The summed E-state index contributed by atoms with van der Waals surface area (Å²) in [6.45, 7) is 1.81. The highest BCUT2D eigenvalue weighted by molar-refractivity contribution is 6.04. The van der Waals surface area contributed by atoms with Crippen LogP contribution in [0.2, 0.25) is 0 Å². The van der Waals surface area contributed by atoms with Gasteiger partial charge in [0.1, 0.15) is 12.1 Å². The van der Waals surface area contributed by atoms with E-state index in [9.17, 15) is 4.79 Å². The third kappa shape index (κ3) is 3.10. The fourth-order valence-electron chi connectivity index (χ4n) is 2.60. The summed E-state index contributed by atoms with van der Waals surface area (Å²) in [6, 6.07) is 13.3. The van der Waals surface area contributed by atoms with Crippen molar-refractivity contribution in [3.63, 3.8) is 0 Å². The lowest BCUT2D eigenvalue weighted by Gasteiger charge is -2.05. The molecule has 1 N–H and O–H groups in total. The molecule has 0 aliphatic carbocycles. The molecule has 4 aromatic rings. The summed E-state index contributed by atoms with van der Waals surface area (Å²) in [4.78, 5) is 20.9. The molecule has 0 unspecified atom stereocenters. The number of anilines is 1. The van der Waals surface area contributed by atoms with Gasteiger partial charge in [0.25, 0.3) is 5.91 Å². The maximum Gasteiger partial charge on any atom is 0.259 e. The monoisotopic (exact) mass is 344 g/mol. The Bertz CT molecular complexity index is 1020. The first-order valence-corrected chi connectivity index (χ1v) is 8.08.